The first-order valence-corrected chi connectivity index (χ1v) is 13.4. The predicted octanol–water partition coefficient (Wildman–Crippen LogP) is 1.02. The SMILES string of the molecule is CCS(=O)(=O)N(CC(=O)NCCOc1ccc(S(=O)(=O)N(C)C)cc1)c1ccc2c(c1)OCO2. The average Bonchev–Trinajstić information content (AvgIpc) is 3.28. The zero-order chi connectivity index (χ0) is 24.9. The van der Waals surface area contributed by atoms with Crippen molar-refractivity contribution >= 4 is 31.6 Å². The van der Waals surface area contributed by atoms with Gasteiger partial charge < -0.3 is 19.5 Å². The topological polar surface area (TPSA) is 132 Å². The maximum Gasteiger partial charge on any atom is 0.242 e. The highest BCUT2D eigenvalue weighted by molar-refractivity contribution is 7.92. The van der Waals surface area contributed by atoms with Crippen LogP contribution < -0.4 is 23.8 Å². The van der Waals surface area contributed by atoms with Crippen LogP contribution in [0.3, 0.4) is 0 Å². The number of hydrogen-bond acceptors (Lipinski definition) is 8. The van der Waals surface area contributed by atoms with E-state index in [-0.39, 0.29) is 30.6 Å². The van der Waals surface area contributed by atoms with Gasteiger partial charge in [0.2, 0.25) is 32.7 Å². The van der Waals surface area contributed by atoms with Gasteiger partial charge in [-0.15, -0.1) is 0 Å². The fourth-order valence-electron chi connectivity index (χ4n) is 3.01. The third-order valence-corrected chi connectivity index (χ3v) is 8.50. The summed E-state index contributed by atoms with van der Waals surface area (Å²) in [5, 5.41) is 2.62. The smallest absolute Gasteiger partial charge is 0.242 e. The van der Waals surface area contributed by atoms with Crippen molar-refractivity contribution in [2.45, 2.75) is 11.8 Å². The molecule has 0 aliphatic carbocycles. The van der Waals surface area contributed by atoms with E-state index in [1.807, 2.05) is 0 Å². The van der Waals surface area contributed by atoms with E-state index in [0.29, 0.717) is 22.9 Å². The minimum atomic E-state index is -3.73. The van der Waals surface area contributed by atoms with Crippen LogP contribution in [0.2, 0.25) is 0 Å². The molecule has 0 fully saturated rings. The van der Waals surface area contributed by atoms with Gasteiger partial charge in [-0.1, -0.05) is 0 Å². The standard InChI is InChI=1S/C21H27N3O8S2/c1-4-33(26,27)24(16-5-10-19-20(13-16)32-15-31-19)14-21(25)22-11-12-30-17-6-8-18(9-7-17)34(28,29)23(2)3/h5-10,13H,4,11-12,14-15H2,1-3H3,(H,22,25). The van der Waals surface area contributed by atoms with Gasteiger partial charge in [0.1, 0.15) is 18.9 Å². The third kappa shape index (κ3) is 5.90. The lowest BCUT2D eigenvalue weighted by Gasteiger charge is -2.23. The summed E-state index contributed by atoms with van der Waals surface area (Å²) < 4.78 is 67.6. The Kier molecular flexibility index (Phi) is 7.89. The van der Waals surface area contributed by atoms with E-state index >= 15 is 0 Å². The molecule has 13 heteroatoms. The maximum atomic E-state index is 12.6. The number of sulfonamides is 2. The summed E-state index contributed by atoms with van der Waals surface area (Å²) in [5.74, 6) is 0.656. The van der Waals surface area contributed by atoms with E-state index in [1.54, 1.807) is 12.1 Å². The van der Waals surface area contributed by atoms with Crippen LogP contribution in [-0.2, 0) is 24.8 Å². The molecule has 1 heterocycles. The van der Waals surface area contributed by atoms with Gasteiger partial charge in [-0.05, 0) is 43.3 Å². The van der Waals surface area contributed by atoms with E-state index in [2.05, 4.69) is 5.32 Å². The fraction of sp³-hybridized carbons (Fsp3) is 0.381. The van der Waals surface area contributed by atoms with Crippen LogP contribution in [-0.4, -0.2) is 73.4 Å². The molecule has 1 amide bonds. The Labute approximate surface area is 199 Å². The first-order valence-electron chi connectivity index (χ1n) is 10.4. The molecule has 1 aliphatic heterocycles. The van der Waals surface area contributed by atoms with Gasteiger partial charge in [0, 0.05) is 20.2 Å². The Hall–Kier alpha value is -3.03. The van der Waals surface area contributed by atoms with Crippen molar-refractivity contribution in [1.82, 2.24) is 9.62 Å². The van der Waals surface area contributed by atoms with Crippen LogP contribution in [0, 0.1) is 0 Å². The summed E-state index contributed by atoms with van der Waals surface area (Å²) in [6, 6.07) is 10.6. The van der Waals surface area contributed by atoms with Gasteiger partial charge in [0.15, 0.2) is 11.5 Å². The van der Waals surface area contributed by atoms with Gasteiger partial charge in [-0.25, -0.2) is 21.1 Å². The van der Waals surface area contributed by atoms with E-state index < -0.39 is 32.5 Å². The van der Waals surface area contributed by atoms with Crippen molar-refractivity contribution in [3.63, 3.8) is 0 Å². The van der Waals surface area contributed by atoms with Gasteiger partial charge in [-0.3, -0.25) is 9.10 Å². The molecule has 0 spiro atoms. The zero-order valence-corrected chi connectivity index (χ0v) is 20.7. The highest BCUT2D eigenvalue weighted by atomic mass is 32.2. The first-order chi connectivity index (χ1) is 16.0. The van der Waals surface area contributed by atoms with Gasteiger partial charge in [0.25, 0.3) is 0 Å². The molecule has 186 valence electrons. The van der Waals surface area contributed by atoms with Crippen molar-refractivity contribution in [3.05, 3.63) is 42.5 Å². The largest absolute Gasteiger partial charge is 0.492 e. The number of hydrogen-bond donors (Lipinski definition) is 1. The Bertz CT molecular complexity index is 1230. The summed E-state index contributed by atoms with van der Waals surface area (Å²) in [6.07, 6.45) is 0. The van der Waals surface area contributed by atoms with Crippen molar-refractivity contribution in [3.8, 4) is 17.2 Å². The molecule has 2 aromatic carbocycles. The van der Waals surface area contributed by atoms with Crippen molar-refractivity contribution in [2.75, 3.05) is 50.6 Å². The summed E-state index contributed by atoms with van der Waals surface area (Å²) in [4.78, 5) is 12.6. The number of anilines is 1. The summed E-state index contributed by atoms with van der Waals surface area (Å²) >= 11 is 0. The molecule has 0 saturated carbocycles. The monoisotopic (exact) mass is 513 g/mol. The Morgan fingerprint density at radius 3 is 2.35 bits per heavy atom. The van der Waals surface area contributed by atoms with Gasteiger partial charge in [0.05, 0.1) is 22.9 Å². The molecule has 0 radical (unpaired) electrons. The molecule has 0 unspecified atom stereocenters. The first kappa shape index (κ1) is 25.6. The molecule has 0 bridgehead atoms. The summed E-state index contributed by atoms with van der Waals surface area (Å²) in [6.45, 7) is 1.37. The number of carbonyl (C=O) groups excluding carboxylic acids is 1. The lowest BCUT2D eigenvalue weighted by Crippen LogP contribution is -2.42. The van der Waals surface area contributed by atoms with E-state index in [4.69, 9.17) is 14.2 Å². The molecule has 34 heavy (non-hydrogen) atoms. The molecule has 0 aromatic heterocycles. The van der Waals surface area contributed by atoms with Crippen LogP contribution >= 0.6 is 0 Å². The minimum Gasteiger partial charge on any atom is -0.492 e. The number of carbonyl (C=O) groups is 1. The summed E-state index contributed by atoms with van der Waals surface area (Å²) in [5.41, 5.74) is 0.297. The second-order valence-electron chi connectivity index (χ2n) is 7.40. The van der Waals surface area contributed by atoms with Gasteiger partial charge >= 0.3 is 0 Å². The van der Waals surface area contributed by atoms with Crippen LogP contribution in [0.25, 0.3) is 0 Å². The van der Waals surface area contributed by atoms with Crippen LogP contribution in [0.4, 0.5) is 5.69 Å². The number of rotatable bonds is 11. The molecule has 2 aromatic rings. The van der Waals surface area contributed by atoms with Crippen molar-refractivity contribution < 1.29 is 35.8 Å². The molecular formula is C21H27N3O8S2. The highest BCUT2D eigenvalue weighted by Crippen LogP contribution is 2.36. The molecule has 0 saturated heterocycles. The predicted molar refractivity (Wildman–Crippen MR) is 125 cm³/mol. The van der Waals surface area contributed by atoms with Crippen molar-refractivity contribution in [2.24, 2.45) is 0 Å². The number of nitrogens with one attached hydrogen (secondary N) is 1. The molecule has 11 nitrogen and oxygen atoms in total. The number of amides is 1. The molecule has 1 N–H and O–H groups in total. The molecule has 1 aliphatic rings. The quantitative estimate of drug-likeness (QED) is 0.441. The number of nitrogens with zero attached hydrogens (tertiary/aromatic N) is 2. The third-order valence-electron chi connectivity index (χ3n) is 4.93. The number of fused-ring (bicyclic) bond motifs is 1. The fourth-order valence-corrected chi connectivity index (χ4v) is 4.97. The Morgan fingerprint density at radius 1 is 1.03 bits per heavy atom. The maximum absolute atomic E-state index is 12.6. The molecular weight excluding hydrogens is 486 g/mol. The van der Waals surface area contributed by atoms with Gasteiger partial charge in [-0.2, -0.15) is 0 Å². The van der Waals surface area contributed by atoms with E-state index in [1.165, 1.54) is 51.4 Å². The average molecular weight is 514 g/mol. The lowest BCUT2D eigenvalue weighted by atomic mass is 10.3. The number of ether oxygens (including phenoxy) is 3. The van der Waals surface area contributed by atoms with Crippen LogP contribution in [0.5, 0.6) is 17.2 Å². The van der Waals surface area contributed by atoms with Crippen LogP contribution in [0.15, 0.2) is 47.4 Å². The normalized spacial score (nSPS) is 13.1. The molecule has 0 atom stereocenters. The Morgan fingerprint density at radius 2 is 1.71 bits per heavy atom. The second-order valence-corrected chi connectivity index (χ2v) is 11.7. The second kappa shape index (κ2) is 10.5. The van der Waals surface area contributed by atoms with E-state index in [9.17, 15) is 21.6 Å². The highest BCUT2D eigenvalue weighted by Gasteiger charge is 2.25. The number of benzene rings is 2. The Balaban J connectivity index is 1.55. The zero-order valence-electron chi connectivity index (χ0n) is 19.1. The van der Waals surface area contributed by atoms with Crippen LogP contribution in [0.1, 0.15) is 6.92 Å². The minimum absolute atomic E-state index is 0.0496. The van der Waals surface area contributed by atoms with Crippen molar-refractivity contribution in [1.29, 1.82) is 0 Å². The lowest BCUT2D eigenvalue weighted by molar-refractivity contribution is -0.119. The van der Waals surface area contributed by atoms with E-state index in [0.717, 1.165) is 8.61 Å². The molecule has 3 rings (SSSR count). The summed E-state index contributed by atoms with van der Waals surface area (Å²) in [7, 11) is -4.37.